The van der Waals surface area contributed by atoms with E-state index >= 15 is 0 Å². The highest BCUT2D eigenvalue weighted by Crippen LogP contribution is 2.52. The fourth-order valence-electron chi connectivity index (χ4n) is 5.50. The van der Waals surface area contributed by atoms with Crippen molar-refractivity contribution in [2.24, 2.45) is 23.2 Å². The predicted octanol–water partition coefficient (Wildman–Crippen LogP) is 2.50. The van der Waals surface area contributed by atoms with Gasteiger partial charge in [0.1, 0.15) is 0 Å². The summed E-state index contributed by atoms with van der Waals surface area (Å²) in [6.45, 7) is 7.88. The van der Waals surface area contributed by atoms with Crippen LogP contribution in [0.25, 0.3) is 0 Å². The maximum Gasteiger partial charge on any atom is 0.0106 e. The van der Waals surface area contributed by atoms with Crippen LogP contribution in [0, 0.1) is 23.2 Å². The fourth-order valence-corrected chi connectivity index (χ4v) is 5.50. The summed E-state index contributed by atoms with van der Waals surface area (Å²) in [7, 11) is 0. The first-order valence-corrected chi connectivity index (χ1v) is 8.19. The molecule has 0 aromatic carbocycles. The van der Waals surface area contributed by atoms with E-state index in [1.807, 2.05) is 0 Å². The Bertz CT molecular complexity index is 299. The largest absolute Gasteiger partial charge is 0.317 e. The van der Waals surface area contributed by atoms with Crippen molar-refractivity contribution in [3.8, 4) is 0 Å². The molecule has 1 spiro atoms. The summed E-state index contributed by atoms with van der Waals surface area (Å²) in [5.74, 6) is 3.13. The molecule has 18 heavy (non-hydrogen) atoms. The number of fused-ring (bicyclic) bond motifs is 1. The van der Waals surface area contributed by atoms with Crippen molar-refractivity contribution in [3.05, 3.63) is 0 Å². The third-order valence-electron chi connectivity index (χ3n) is 6.53. The van der Waals surface area contributed by atoms with E-state index in [9.17, 15) is 0 Å². The third kappa shape index (κ3) is 1.84. The van der Waals surface area contributed by atoms with Crippen LogP contribution in [0.15, 0.2) is 0 Å². The summed E-state index contributed by atoms with van der Waals surface area (Å²) in [4.78, 5) is 2.87. The van der Waals surface area contributed by atoms with Crippen molar-refractivity contribution in [2.75, 3.05) is 26.2 Å². The van der Waals surface area contributed by atoms with Gasteiger partial charge >= 0.3 is 0 Å². The Balaban J connectivity index is 1.32. The zero-order valence-corrected chi connectivity index (χ0v) is 11.8. The number of nitrogens with zero attached hydrogens (tertiary/aromatic N) is 1. The minimum absolute atomic E-state index is 0.765. The van der Waals surface area contributed by atoms with Crippen LogP contribution >= 0.6 is 0 Å². The van der Waals surface area contributed by atoms with Gasteiger partial charge in [0.15, 0.2) is 0 Å². The average Bonchev–Trinajstić information content (AvgIpc) is 2.83. The van der Waals surface area contributed by atoms with Gasteiger partial charge in [0.2, 0.25) is 0 Å². The van der Waals surface area contributed by atoms with Crippen LogP contribution in [0.3, 0.4) is 0 Å². The van der Waals surface area contributed by atoms with Gasteiger partial charge in [0.05, 0.1) is 0 Å². The first-order valence-electron chi connectivity index (χ1n) is 8.19. The summed E-state index contributed by atoms with van der Waals surface area (Å²) in [6.07, 6.45) is 8.96. The molecule has 2 heterocycles. The van der Waals surface area contributed by atoms with E-state index in [4.69, 9.17) is 0 Å². The van der Waals surface area contributed by atoms with Crippen molar-refractivity contribution in [2.45, 2.75) is 51.5 Å². The molecule has 0 aromatic rings. The lowest BCUT2D eigenvalue weighted by atomic mass is 9.60. The maximum atomic E-state index is 3.52. The normalized spacial score (nSPS) is 44.2. The molecular weight excluding hydrogens is 220 g/mol. The number of nitrogens with one attached hydrogen (secondary N) is 1. The Morgan fingerprint density at radius 3 is 2.22 bits per heavy atom. The summed E-state index contributed by atoms with van der Waals surface area (Å²) in [5.41, 5.74) is 0.765. The van der Waals surface area contributed by atoms with Crippen molar-refractivity contribution in [1.29, 1.82) is 0 Å². The van der Waals surface area contributed by atoms with Crippen LogP contribution in [0.2, 0.25) is 0 Å². The highest BCUT2D eigenvalue weighted by atomic mass is 15.2. The fraction of sp³-hybridized carbons (Fsp3) is 1.00. The molecule has 1 unspecified atom stereocenters. The van der Waals surface area contributed by atoms with E-state index in [0.29, 0.717) is 0 Å². The molecule has 0 radical (unpaired) electrons. The number of piperidine rings is 1. The molecule has 4 rings (SSSR count). The van der Waals surface area contributed by atoms with E-state index in [-0.39, 0.29) is 0 Å². The Labute approximate surface area is 111 Å². The molecule has 0 amide bonds. The van der Waals surface area contributed by atoms with Gasteiger partial charge in [0.25, 0.3) is 0 Å². The van der Waals surface area contributed by atoms with E-state index < -0.39 is 0 Å². The second kappa shape index (κ2) is 4.21. The Kier molecular flexibility index (Phi) is 2.74. The lowest BCUT2D eigenvalue weighted by Gasteiger charge is -2.53. The van der Waals surface area contributed by atoms with E-state index in [0.717, 1.165) is 29.2 Å². The molecule has 2 saturated heterocycles. The smallest absolute Gasteiger partial charge is 0.0106 e. The summed E-state index contributed by atoms with van der Waals surface area (Å²) in [6, 6.07) is 0.962. The Morgan fingerprint density at radius 1 is 1.00 bits per heavy atom. The summed E-state index contributed by atoms with van der Waals surface area (Å²) in [5, 5.41) is 3.52. The quantitative estimate of drug-likeness (QED) is 0.767. The molecule has 4 fully saturated rings. The third-order valence-corrected chi connectivity index (χ3v) is 6.53. The van der Waals surface area contributed by atoms with Crippen LogP contribution in [0.5, 0.6) is 0 Å². The highest BCUT2D eigenvalue weighted by Gasteiger charge is 2.50. The van der Waals surface area contributed by atoms with Crippen molar-refractivity contribution < 1.29 is 0 Å². The molecule has 4 aliphatic rings. The average molecular weight is 248 g/mol. The van der Waals surface area contributed by atoms with Gasteiger partial charge in [-0.15, -0.1) is 0 Å². The molecular formula is C16H28N2. The van der Waals surface area contributed by atoms with E-state index in [1.165, 1.54) is 64.7 Å². The second-order valence-electron chi connectivity index (χ2n) is 7.86. The zero-order chi connectivity index (χ0) is 12.2. The molecule has 2 aliphatic heterocycles. The van der Waals surface area contributed by atoms with Gasteiger partial charge in [-0.1, -0.05) is 6.92 Å². The van der Waals surface area contributed by atoms with Gasteiger partial charge in [-0.05, 0) is 74.8 Å². The van der Waals surface area contributed by atoms with Gasteiger partial charge in [0, 0.05) is 19.1 Å². The minimum atomic E-state index is 0.765. The van der Waals surface area contributed by atoms with Gasteiger partial charge in [-0.25, -0.2) is 0 Å². The molecule has 102 valence electrons. The molecule has 0 bridgehead atoms. The lowest BCUT2D eigenvalue weighted by molar-refractivity contribution is -0.0143. The molecule has 2 nitrogen and oxygen atoms in total. The van der Waals surface area contributed by atoms with Crippen molar-refractivity contribution in [1.82, 2.24) is 10.2 Å². The van der Waals surface area contributed by atoms with Crippen LogP contribution in [0.1, 0.15) is 45.4 Å². The maximum absolute atomic E-state index is 3.52. The van der Waals surface area contributed by atoms with E-state index in [2.05, 4.69) is 17.1 Å². The highest BCUT2D eigenvalue weighted by molar-refractivity contribution is 5.03. The second-order valence-corrected chi connectivity index (χ2v) is 7.86. The van der Waals surface area contributed by atoms with Gasteiger partial charge in [-0.3, -0.25) is 4.90 Å². The van der Waals surface area contributed by atoms with Gasteiger partial charge in [-0.2, -0.15) is 0 Å². The molecule has 3 atom stereocenters. The Morgan fingerprint density at radius 2 is 1.61 bits per heavy atom. The summed E-state index contributed by atoms with van der Waals surface area (Å²) >= 11 is 0. The molecule has 1 N–H and O–H groups in total. The standard InChI is InChI=1S/C16H28N2/c1-12-6-13-10-18(11-14(13)7-12)15-8-16(9-15)2-4-17-5-3-16/h12-15,17H,2-11H2,1H3/t12?,13-,14+. The predicted molar refractivity (Wildman–Crippen MR) is 74.5 cm³/mol. The first kappa shape index (κ1) is 11.7. The van der Waals surface area contributed by atoms with Crippen LogP contribution in [0.4, 0.5) is 0 Å². The summed E-state index contributed by atoms with van der Waals surface area (Å²) < 4.78 is 0. The SMILES string of the molecule is CC1C[C@@H]2CN(C3CC4(CCNCC4)C3)C[C@@H]2C1. The molecule has 2 heteroatoms. The topological polar surface area (TPSA) is 15.3 Å². The van der Waals surface area contributed by atoms with Crippen LogP contribution < -0.4 is 5.32 Å². The molecule has 2 saturated carbocycles. The monoisotopic (exact) mass is 248 g/mol. The number of hydrogen-bond donors (Lipinski definition) is 1. The van der Waals surface area contributed by atoms with Crippen molar-refractivity contribution in [3.63, 3.8) is 0 Å². The Hall–Kier alpha value is -0.0800. The number of rotatable bonds is 1. The number of hydrogen-bond acceptors (Lipinski definition) is 2. The van der Waals surface area contributed by atoms with Crippen LogP contribution in [-0.2, 0) is 0 Å². The molecule has 0 aromatic heterocycles. The molecule has 2 aliphatic carbocycles. The first-order chi connectivity index (χ1) is 8.74. The number of likely N-dealkylation sites (tertiary alicyclic amines) is 1. The van der Waals surface area contributed by atoms with Gasteiger partial charge < -0.3 is 5.32 Å². The van der Waals surface area contributed by atoms with E-state index in [1.54, 1.807) is 0 Å². The lowest BCUT2D eigenvalue weighted by Crippen LogP contribution is -2.54. The van der Waals surface area contributed by atoms with Crippen LogP contribution in [-0.4, -0.2) is 37.1 Å². The van der Waals surface area contributed by atoms with Crippen molar-refractivity contribution >= 4 is 0 Å². The zero-order valence-electron chi connectivity index (χ0n) is 11.8. The minimum Gasteiger partial charge on any atom is -0.317 e.